The highest BCUT2D eigenvalue weighted by Crippen LogP contribution is 2.70. The van der Waals surface area contributed by atoms with Gasteiger partial charge in [-0.3, -0.25) is 9.78 Å². The molecule has 140 valence electrons. The Morgan fingerprint density at radius 2 is 2.15 bits per heavy atom. The van der Waals surface area contributed by atoms with E-state index in [2.05, 4.69) is 24.1 Å². The van der Waals surface area contributed by atoms with Gasteiger partial charge in [0.1, 0.15) is 11.7 Å². The minimum absolute atomic E-state index is 0.0102. The molecule has 4 fully saturated rings. The highest BCUT2D eigenvalue weighted by atomic mass is 16.6. The van der Waals surface area contributed by atoms with Crippen LogP contribution in [0.15, 0.2) is 24.5 Å². The number of carbonyl (C=O) groups is 1. The first-order valence-electron chi connectivity index (χ1n) is 10.0. The van der Waals surface area contributed by atoms with E-state index < -0.39 is 0 Å². The number of carbonyl (C=O) groups excluding carboxylic acids is 1. The first-order chi connectivity index (χ1) is 12.6. The summed E-state index contributed by atoms with van der Waals surface area (Å²) in [5.41, 5.74) is 1.33. The largest absolute Gasteiger partial charge is 0.462 e. The van der Waals surface area contributed by atoms with Crippen molar-refractivity contribution in [3.05, 3.63) is 30.1 Å². The monoisotopic (exact) mass is 356 g/mol. The Bertz CT molecular complexity index is 710. The molecule has 2 aliphatic heterocycles. The van der Waals surface area contributed by atoms with Crippen molar-refractivity contribution in [1.82, 2.24) is 10.3 Å². The zero-order valence-corrected chi connectivity index (χ0v) is 15.6. The maximum Gasteiger partial charge on any atom is 0.311 e. The smallest absolute Gasteiger partial charge is 0.311 e. The van der Waals surface area contributed by atoms with Crippen LogP contribution in [0.5, 0.6) is 0 Å². The number of epoxide rings is 1. The minimum atomic E-state index is -0.0927. The van der Waals surface area contributed by atoms with Gasteiger partial charge in [-0.2, -0.15) is 0 Å². The maximum absolute atomic E-state index is 12.6. The van der Waals surface area contributed by atoms with Crippen LogP contribution in [0.2, 0.25) is 0 Å². The van der Waals surface area contributed by atoms with Crippen molar-refractivity contribution < 1.29 is 14.3 Å². The third-order valence-electron chi connectivity index (χ3n) is 7.64. The van der Waals surface area contributed by atoms with E-state index in [-0.39, 0.29) is 41.0 Å². The van der Waals surface area contributed by atoms with Gasteiger partial charge in [0.15, 0.2) is 0 Å². The average molecular weight is 356 g/mol. The first-order valence-corrected chi connectivity index (χ1v) is 10.0. The van der Waals surface area contributed by atoms with Gasteiger partial charge in [-0.25, -0.2) is 0 Å². The number of hydrogen-bond acceptors (Lipinski definition) is 5. The van der Waals surface area contributed by atoms with Gasteiger partial charge in [0.05, 0.1) is 12.0 Å². The molecule has 1 N–H and O–H groups in total. The molecule has 0 amide bonds. The predicted octanol–water partition coefficient (Wildman–Crippen LogP) is 2.70. The molecule has 1 aromatic heterocycles. The van der Waals surface area contributed by atoms with Crippen LogP contribution in [0.1, 0.15) is 45.1 Å². The zero-order valence-electron chi connectivity index (χ0n) is 15.6. The van der Waals surface area contributed by atoms with E-state index in [1.807, 2.05) is 12.1 Å². The van der Waals surface area contributed by atoms with Crippen molar-refractivity contribution >= 4 is 5.97 Å². The van der Waals surface area contributed by atoms with Crippen LogP contribution in [0.25, 0.3) is 0 Å². The summed E-state index contributed by atoms with van der Waals surface area (Å²) < 4.78 is 12.3. The molecule has 4 aliphatic rings. The number of pyridine rings is 1. The van der Waals surface area contributed by atoms with Crippen molar-refractivity contribution in [3.8, 4) is 0 Å². The number of esters is 1. The lowest BCUT2D eigenvalue weighted by Gasteiger charge is -2.48. The second-order valence-electron chi connectivity index (χ2n) is 9.04. The fraction of sp³-hybridized carbons (Fsp3) is 0.714. The van der Waals surface area contributed by atoms with E-state index in [9.17, 15) is 4.79 Å². The minimum Gasteiger partial charge on any atom is -0.462 e. The van der Waals surface area contributed by atoms with Crippen LogP contribution in [0.3, 0.4) is 0 Å². The summed E-state index contributed by atoms with van der Waals surface area (Å²) in [4.78, 5) is 16.7. The van der Waals surface area contributed by atoms with Crippen LogP contribution in [-0.2, 0) is 20.8 Å². The molecule has 2 saturated carbocycles. The fourth-order valence-electron chi connectivity index (χ4n) is 6.34. The fourth-order valence-corrected chi connectivity index (χ4v) is 6.34. The van der Waals surface area contributed by atoms with Crippen LogP contribution in [-0.4, -0.2) is 35.3 Å². The van der Waals surface area contributed by atoms with Crippen LogP contribution >= 0.6 is 0 Å². The highest BCUT2D eigenvalue weighted by molar-refractivity contribution is 5.76. The van der Waals surface area contributed by atoms with E-state index >= 15 is 0 Å². The van der Waals surface area contributed by atoms with Crippen molar-refractivity contribution in [3.63, 3.8) is 0 Å². The summed E-state index contributed by atoms with van der Waals surface area (Å²) >= 11 is 0. The van der Waals surface area contributed by atoms with E-state index in [0.29, 0.717) is 12.5 Å². The van der Waals surface area contributed by atoms with Crippen LogP contribution in [0.4, 0.5) is 0 Å². The molecule has 2 aliphatic carbocycles. The summed E-state index contributed by atoms with van der Waals surface area (Å²) in [5, 5.41) is 3.45. The first kappa shape index (κ1) is 16.7. The summed E-state index contributed by atoms with van der Waals surface area (Å²) in [7, 11) is 0. The van der Waals surface area contributed by atoms with E-state index in [1.165, 1.54) is 24.8 Å². The third kappa shape index (κ3) is 2.23. The number of ether oxygens (including phenoxy) is 2. The molecule has 0 bridgehead atoms. The van der Waals surface area contributed by atoms with Gasteiger partial charge in [-0.1, -0.05) is 20.3 Å². The Morgan fingerprint density at radius 1 is 1.35 bits per heavy atom. The van der Waals surface area contributed by atoms with Gasteiger partial charge >= 0.3 is 5.97 Å². The molecular formula is C21H28N2O3. The Labute approximate surface area is 154 Å². The average Bonchev–Trinajstić information content (AvgIpc) is 3.30. The van der Waals surface area contributed by atoms with Gasteiger partial charge in [-0.05, 0) is 42.9 Å². The van der Waals surface area contributed by atoms with Crippen LogP contribution < -0.4 is 5.32 Å². The van der Waals surface area contributed by atoms with Crippen molar-refractivity contribution in [2.24, 2.45) is 23.2 Å². The maximum atomic E-state index is 12.6. The number of nitrogens with one attached hydrogen (secondary N) is 1. The van der Waals surface area contributed by atoms with Crippen molar-refractivity contribution in [2.45, 2.75) is 63.9 Å². The van der Waals surface area contributed by atoms with Gasteiger partial charge in [-0.15, -0.1) is 0 Å². The molecule has 5 rings (SSSR count). The van der Waals surface area contributed by atoms with Crippen molar-refractivity contribution in [2.75, 3.05) is 6.54 Å². The number of hydrogen-bond donors (Lipinski definition) is 1. The number of rotatable bonds is 4. The molecule has 0 aromatic carbocycles. The molecule has 0 radical (unpaired) electrons. The lowest BCUT2D eigenvalue weighted by Crippen LogP contribution is -2.54. The zero-order chi connectivity index (χ0) is 17.9. The summed E-state index contributed by atoms with van der Waals surface area (Å²) in [5.74, 6) is 0.655. The molecule has 1 spiro atoms. The standard InChI is InChI=1S/C21H28N2O3/c1-13-4-3-7-20(2)10-16-17(18-21(13,20)26-18)15(19(24)25-16)12-23-11-14-5-8-22-9-6-14/h5-6,8-9,13,15-18,23H,3-4,7,10-12H2,1-2H3/t13-,15+,16+,17+,18-,20+,21-/m0/s1. The highest BCUT2D eigenvalue weighted by Gasteiger charge is 2.78. The SMILES string of the molecule is C[C@H]1CCC[C@]2(C)C[C@H]3OC(=O)[C@H](CNCc4ccncc4)[C@H]3[C@@H]3O[C@@]132. The lowest BCUT2D eigenvalue weighted by atomic mass is 9.53. The molecular weight excluding hydrogens is 328 g/mol. The second-order valence-corrected chi connectivity index (χ2v) is 9.04. The second kappa shape index (κ2) is 5.77. The molecule has 0 unspecified atom stereocenters. The molecule has 1 aromatic rings. The number of nitrogens with zero attached hydrogens (tertiary/aromatic N) is 1. The number of aromatic nitrogens is 1. The van der Waals surface area contributed by atoms with E-state index in [4.69, 9.17) is 9.47 Å². The molecule has 5 heteroatoms. The predicted molar refractivity (Wildman–Crippen MR) is 96.1 cm³/mol. The van der Waals surface area contributed by atoms with Gasteiger partial charge in [0, 0.05) is 36.8 Å². The van der Waals surface area contributed by atoms with Gasteiger partial charge in [0.25, 0.3) is 0 Å². The lowest BCUT2D eigenvalue weighted by molar-refractivity contribution is -0.146. The van der Waals surface area contributed by atoms with Crippen LogP contribution in [0, 0.1) is 23.2 Å². The van der Waals surface area contributed by atoms with Gasteiger partial charge in [0.2, 0.25) is 0 Å². The summed E-state index contributed by atoms with van der Waals surface area (Å²) in [6.45, 7) is 6.10. The summed E-state index contributed by atoms with van der Waals surface area (Å²) in [6, 6.07) is 4.00. The van der Waals surface area contributed by atoms with E-state index in [0.717, 1.165) is 13.0 Å². The molecule has 7 atom stereocenters. The molecule has 2 saturated heterocycles. The molecule has 26 heavy (non-hydrogen) atoms. The van der Waals surface area contributed by atoms with E-state index in [1.54, 1.807) is 12.4 Å². The Morgan fingerprint density at radius 3 is 2.96 bits per heavy atom. The number of fused-ring (bicyclic) bond motifs is 2. The summed E-state index contributed by atoms with van der Waals surface area (Å²) in [6.07, 6.45) is 8.48. The molecule has 3 heterocycles. The Kier molecular flexibility index (Phi) is 3.70. The normalized spacial score (nSPS) is 46.1. The molecule has 5 nitrogen and oxygen atoms in total. The third-order valence-corrected chi connectivity index (χ3v) is 7.64. The Hall–Kier alpha value is -1.46. The quantitative estimate of drug-likeness (QED) is 0.664. The van der Waals surface area contributed by atoms with Crippen molar-refractivity contribution in [1.29, 1.82) is 0 Å². The topological polar surface area (TPSA) is 63.8 Å². The van der Waals surface area contributed by atoms with Gasteiger partial charge < -0.3 is 14.8 Å². The Balaban J connectivity index is 1.32.